The minimum atomic E-state index is -0.767. The molecule has 1 rings (SSSR count). The molecule has 0 radical (unpaired) electrons. The van der Waals surface area contributed by atoms with Crippen LogP contribution in [0.15, 0.2) is 29.8 Å². The fraction of sp³-hybridized carbons (Fsp3) is 0.375. The standard InChI is InChI=1S/C8H11NO/c1-2-4-8(10)5-3-6-9-7-8/h2-3,5-6,10H,1,4,7H2. The highest BCUT2D eigenvalue weighted by Gasteiger charge is 2.21. The van der Waals surface area contributed by atoms with Gasteiger partial charge in [-0.25, -0.2) is 0 Å². The van der Waals surface area contributed by atoms with Crippen LogP contribution in [0.4, 0.5) is 0 Å². The SMILES string of the molecule is C=CCC1(O)C=CC=NC1. The van der Waals surface area contributed by atoms with Crippen molar-refractivity contribution in [2.75, 3.05) is 6.54 Å². The molecule has 1 heterocycles. The van der Waals surface area contributed by atoms with Gasteiger partial charge in [-0.15, -0.1) is 6.58 Å². The summed E-state index contributed by atoms with van der Waals surface area (Å²) in [6.07, 6.45) is 7.47. The largest absolute Gasteiger partial charge is 0.384 e. The van der Waals surface area contributed by atoms with Crippen LogP contribution in [0.3, 0.4) is 0 Å². The van der Waals surface area contributed by atoms with E-state index in [1.165, 1.54) is 0 Å². The Hall–Kier alpha value is -0.890. The lowest BCUT2D eigenvalue weighted by Gasteiger charge is -2.21. The van der Waals surface area contributed by atoms with Gasteiger partial charge in [-0.2, -0.15) is 0 Å². The molecule has 0 saturated carbocycles. The molecule has 0 aromatic carbocycles. The van der Waals surface area contributed by atoms with Crippen LogP contribution in [0.1, 0.15) is 6.42 Å². The van der Waals surface area contributed by atoms with Crippen LogP contribution in [0, 0.1) is 0 Å². The second kappa shape index (κ2) is 2.80. The Balaban J connectivity index is 2.60. The molecular weight excluding hydrogens is 126 g/mol. The third-order valence-corrected chi connectivity index (χ3v) is 1.46. The monoisotopic (exact) mass is 137 g/mol. The van der Waals surface area contributed by atoms with Gasteiger partial charge in [0.1, 0.15) is 5.60 Å². The second-order valence-electron chi connectivity index (χ2n) is 2.45. The fourth-order valence-corrected chi connectivity index (χ4v) is 0.929. The maximum absolute atomic E-state index is 9.60. The van der Waals surface area contributed by atoms with E-state index in [0.717, 1.165) is 0 Å². The maximum atomic E-state index is 9.60. The molecule has 1 aliphatic heterocycles. The molecule has 10 heavy (non-hydrogen) atoms. The number of nitrogens with zero attached hydrogens (tertiary/aromatic N) is 1. The molecule has 1 N–H and O–H groups in total. The number of hydrogen-bond acceptors (Lipinski definition) is 2. The Morgan fingerprint density at radius 3 is 3.10 bits per heavy atom. The van der Waals surface area contributed by atoms with Crippen LogP contribution in [0.2, 0.25) is 0 Å². The van der Waals surface area contributed by atoms with Gasteiger partial charge in [0.25, 0.3) is 0 Å². The van der Waals surface area contributed by atoms with E-state index in [1.54, 1.807) is 24.4 Å². The molecule has 0 aromatic rings. The Kier molecular flexibility index (Phi) is 2.02. The molecule has 0 bridgehead atoms. The maximum Gasteiger partial charge on any atom is 0.106 e. The first kappa shape index (κ1) is 7.22. The smallest absolute Gasteiger partial charge is 0.106 e. The van der Waals surface area contributed by atoms with Crippen molar-refractivity contribution in [2.24, 2.45) is 4.99 Å². The van der Waals surface area contributed by atoms with E-state index < -0.39 is 5.60 Å². The fourth-order valence-electron chi connectivity index (χ4n) is 0.929. The lowest BCUT2D eigenvalue weighted by molar-refractivity contribution is 0.103. The molecule has 0 aliphatic carbocycles. The molecular formula is C8H11NO. The van der Waals surface area contributed by atoms with Crippen molar-refractivity contribution >= 4 is 6.21 Å². The van der Waals surface area contributed by atoms with Crippen molar-refractivity contribution in [2.45, 2.75) is 12.0 Å². The summed E-state index contributed by atoms with van der Waals surface area (Å²) in [5.41, 5.74) is -0.767. The minimum absolute atomic E-state index is 0.454. The van der Waals surface area contributed by atoms with E-state index >= 15 is 0 Å². The molecule has 1 atom stereocenters. The van der Waals surface area contributed by atoms with E-state index in [1.807, 2.05) is 0 Å². The lowest BCUT2D eigenvalue weighted by Crippen LogP contribution is -2.30. The van der Waals surface area contributed by atoms with E-state index in [-0.39, 0.29) is 0 Å². The molecule has 2 heteroatoms. The van der Waals surface area contributed by atoms with E-state index in [0.29, 0.717) is 13.0 Å². The van der Waals surface area contributed by atoms with Gasteiger partial charge in [-0.05, 0) is 18.6 Å². The quantitative estimate of drug-likeness (QED) is 0.564. The first-order valence-electron chi connectivity index (χ1n) is 3.28. The number of dihydropyridines is 1. The summed E-state index contributed by atoms with van der Waals surface area (Å²) in [6.45, 7) is 4.01. The van der Waals surface area contributed by atoms with Crippen molar-refractivity contribution in [3.63, 3.8) is 0 Å². The van der Waals surface area contributed by atoms with Gasteiger partial charge in [0.05, 0.1) is 6.54 Å². The highest BCUT2D eigenvalue weighted by atomic mass is 16.3. The number of hydrogen-bond donors (Lipinski definition) is 1. The summed E-state index contributed by atoms with van der Waals surface area (Å²) in [5.74, 6) is 0. The summed E-state index contributed by atoms with van der Waals surface area (Å²) in [6, 6.07) is 0. The number of aliphatic hydroxyl groups is 1. The zero-order chi connectivity index (χ0) is 7.45. The zero-order valence-corrected chi connectivity index (χ0v) is 5.83. The first-order chi connectivity index (χ1) is 4.77. The van der Waals surface area contributed by atoms with Crippen molar-refractivity contribution in [1.29, 1.82) is 0 Å². The number of aliphatic imine (C=N–C) groups is 1. The molecule has 54 valence electrons. The van der Waals surface area contributed by atoms with Gasteiger partial charge in [-0.3, -0.25) is 4.99 Å². The molecule has 0 spiro atoms. The molecule has 1 unspecified atom stereocenters. The average molecular weight is 137 g/mol. The van der Waals surface area contributed by atoms with E-state index in [9.17, 15) is 5.11 Å². The van der Waals surface area contributed by atoms with Gasteiger partial charge < -0.3 is 5.11 Å². The summed E-state index contributed by atoms with van der Waals surface area (Å²) >= 11 is 0. The molecule has 1 aliphatic rings. The van der Waals surface area contributed by atoms with Crippen LogP contribution in [-0.2, 0) is 0 Å². The third-order valence-electron chi connectivity index (χ3n) is 1.46. The first-order valence-corrected chi connectivity index (χ1v) is 3.28. The highest BCUT2D eigenvalue weighted by molar-refractivity contribution is 5.72. The summed E-state index contributed by atoms with van der Waals surface area (Å²) in [5, 5.41) is 9.60. The second-order valence-corrected chi connectivity index (χ2v) is 2.45. The van der Waals surface area contributed by atoms with E-state index in [2.05, 4.69) is 11.6 Å². The summed E-state index contributed by atoms with van der Waals surface area (Å²) in [7, 11) is 0. The summed E-state index contributed by atoms with van der Waals surface area (Å²) < 4.78 is 0. The summed E-state index contributed by atoms with van der Waals surface area (Å²) in [4.78, 5) is 3.94. The Morgan fingerprint density at radius 2 is 2.60 bits per heavy atom. The van der Waals surface area contributed by atoms with Gasteiger partial charge in [0.2, 0.25) is 0 Å². The predicted octanol–water partition coefficient (Wildman–Crippen LogP) is 0.934. The van der Waals surface area contributed by atoms with Crippen molar-refractivity contribution in [3.8, 4) is 0 Å². The Morgan fingerprint density at radius 1 is 1.80 bits per heavy atom. The van der Waals surface area contributed by atoms with Crippen LogP contribution < -0.4 is 0 Å². The van der Waals surface area contributed by atoms with Crippen LogP contribution >= 0.6 is 0 Å². The lowest BCUT2D eigenvalue weighted by atomic mass is 9.98. The van der Waals surface area contributed by atoms with Gasteiger partial charge in [0, 0.05) is 6.21 Å². The predicted molar refractivity (Wildman–Crippen MR) is 42.3 cm³/mol. The van der Waals surface area contributed by atoms with Gasteiger partial charge >= 0.3 is 0 Å². The number of allylic oxidation sites excluding steroid dienone is 1. The average Bonchev–Trinajstić information content (AvgIpc) is 1.89. The normalized spacial score (nSPS) is 30.5. The Labute approximate surface area is 60.6 Å². The highest BCUT2D eigenvalue weighted by Crippen LogP contribution is 2.15. The van der Waals surface area contributed by atoms with Crippen molar-refractivity contribution < 1.29 is 5.11 Å². The molecule has 2 nitrogen and oxygen atoms in total. The third kappa shape index (κ3) is 1.54. The van der Waals surface area contributed by atoms with Gasteiger partial charge in [-0.1, -0.05) is 6.08 Å². The Bertz CT molecular complexity index is 180. The topological polar surface area (TPSA) is 32.6 Å². The minimum Gasteiger partial charge on any atom is -0.384 e. The molecule has 0 fully saturated rings. The molecule has 0 aromatic heterocycles. The van der Waals surface area contributed by atoms with Crippen molar-refractivity contribution in [3.05, 3.63) is 24.8 Å². The number of rotatable bonds is 2. The van der Waals surface area contributed by atoms with Crippen LogP contribution in [0.25, 0.3) is 0 Å². The van der Waals surface area contributed by atoms with Crippen molar-refractivity contribution in [1.82, 2.24) is 0 Å². The van der Waals surface area contributed by atoms with Crippen LogP contribution in [-0.4, -0.2) is 23.5 Å². The molecule has 0 amide bonds. The van der Waals surface area contributed by atoms with Crippen LogP contribution in [0.5, 0.6) is 0 Å². The van der Waals surface area contributed by atoms with Gasteiger partial charge in [0.15, 0.2) is 0 Å². The molecule has 0 saturated heterocycles. The van der Waals surface area contributed by atoms with E-state index in [4.69, 9.17) is 0 Å². The zero-order valence-electron chi connectivity index (χ0n) is 5.83.